The van der Waals surface area contributed by atoms with E-state index >= 15 is 0 Å². The van der Waals surface area contributed by atoms with Crippen LogP contribution in [0, 0.1) is 5.92 Å². The fraction of sp³-hybridized carbons (Fsp3) is 0.455. The number of rotatable bonds is 3. The number of benzene rings is 2. The number of nitrogens with zero attached hydrogens (tertiary/aromatic N) is 2. The SMILES string of the molecule is CN(C(=O)C1CCN(C(=O)c2cccc3ccccc23)CC1)C1CCS(=O)(=O)C1. The Morgan fingerprint density at radius 3 is 2.38 bits per heavy atom. The minimum atomic E-state index is -3.02. The maximum atomic E-state index is 13.1. The molecule has 2 aromatic rings. The van der Waals surface area contributed by atoms with E-state index in [0.717, 1.165) is 10.8 Å². The summed E-state index contributed by atoms with van der Waals surface area (Å²) in [5, 5.41) is 1.98. The van der Waals surface area contributed by atoms with Crippen LogP contribution in [0.2, 0.25) is 0 Å². The number of carbonyl (C=O) groups is 2. The van der Waals surface area contributed by atoms with Crippen molar-refractivity contribution < 1.29 is 18.0 Å². The van der Waals surface area contributed by atoms with Gasteiger partial charge in [-0.3, -0.25) is 9.59 Å². The number of hydrogen-bond donors (Lipinski definition) is 0. The molecule has 29 heavy (non-hydrogen) atoms. The highest BCUT2D eigenvalue weighted by Crippen LogP contribution is 2.26. The fourth-order valence-electron chi connectivity index (χ4n) is 4.46. The average molecular weight is 415 g/mol. The van der Waals surface area contributed by atoms with Crippen LogP contribution >= 0.6 is 0 Å². The normalized spacial score (nSPS) is 22.0. The van der Waals surface area contributed by atoms with Crippen molar-refractivity contribution in [2.45, 2.75) is 25.3 Å². The summed E-state index contributed by atoms with van der Waals surface area (Å²) < 4.78 is 23.4. The van der Waals surface area contributed by atoms with Gasteiger partial charge in [0.05, 0.1) is 11.5 Å². The van der Waals surface area contributed by atoms with Crippen molar-refractivity contribution in [2.24, 2.45) is 5.92 Å². The van der Waals surface area contributed by atoms with Crippen LogP contribution in [0.5, 0.6) is 0 Å². The molecule has 154 valence electrons. The van der Waals surface area contributed by atoms with Gasteiger partial charge in [0.15, 0.2) is 9.84 Å². The second kappa shape index (κ2) is 7.78. The number of sulfone groups is 1. The van der Waals surface area contributed by atoms with Crippen LogP contribution in [0.25, 0.3) is 10.8 Å². The van der Waals surface area contributed by atoms with E-state index < -0.39 is 9.84 Å². The van der Waals surface area contributed by atoms with Gasteiger partial charge in [-0.05, 0) is 36.1 Å². The third-order valence-electron chi connectivity index (χ3n) is 6.26. The summed E-state index contributed by atoms with van der Waals surface area (Å²) >= 11 is 0. The van der Waals surface area contributed by atoms with Gasteiger partial charge in [0.2, 0.25) is 5.91 Å². The average Bonchev–Trinajstić information content (AvgIpc) is 3.11. The smallest absolute Gasteiger partial charge is 0.254 e. The molecule has 0 aromatic heterocycles. The summed E-state index contributed by atoms with van der Waals surface area (Å²) in [6.45, 7) is 1.07. The van der Waals surface area contributed by atoms with Gasteiger partial charge in [-0.25, -0.2) is 8.42 Å². The third-order valence-corrected chi connectivity index (χ3v) is 8.01. The zero-order chi connectivity index (χ0) is 20.6. The molecule has 2 aromatic carbocycles. The topological polar surface area (TPSA) is 74.8 Å². The Labute approximate surface area is 171 Å². The number of fused-ring (bicyclic) bond motifs is 1. The quantitative estimate of drug-likeness (QED) is 0.773. The van der Waals surface area contributed by atoms with E-state index in [1.54, 1.807) is 11.9 Å². The van der Waals surface area contributed by atoms with Crippen LogP contribution in [-0.4, -0.2) is 67.7 Å². The Morgan fingerprint density at radius 1 is 1.00 bits per heavy atom. The molecule has 1 unspecified atom stereocenters. The molecule has 2 fully saturated rings. The van der Waals surface area contributed by atoms with Crippen LogP contribution in [0.4, 0.5) is 0 Å². The number of likely N-dealkylation sites (tertiary alicyclic amines) is 1. The van der Waals surface area contributed by atoms with Crippen LogP contribution in [0.1, 0.15) is 29.6 Å². The molecule has 6 nitrogen and oxygen atoms in total. The summed E-state index contributed by atoms with van der Waals surface area (Å²) in [4.78, 5) is 29.4. The number of amides is 2. The second-order valence-corrected chi connectivity index (χ2v) is 10.3. The second-order valence-electron chi connectivity index (χ2n) is 8.10. The molecule has 2 aliphatic heterocycles. The van der Waals surface area contributed by atoms with E-state index in [0.29, 0.717) is 37.9 Å². The Kier molecular flexibility index (Phi) is 5.34. The molecular weight excluding hydrogens is 388 g/mol. The lowest BCUT2D eigenvalue weighted by molar-refractivity contribution is -0.137. The van der Waals surface area contributed by atoms with E-state index in [-0.39, 0.29) is 35.3 Å². The Bertz CT molecular complexity index is 1040. The summed E-state index contributed by atoms with van der Waals surface area (Å²) in [7, 11) is -1.31. The van der Waals surface area contributed by atoms with Crippen LogP contribution in [-0.2, 0) is 14.6 Å². The summed E-state index contributed by atoms with van der Waals surface area (Å²) in [6.07, 6.45) is 1.74. The third kappa shape index (κ3) is 4.01. The first-order valence-electron chi connectivity index (χ1n) is 10.1. The monoisotopic (exact) mass is 414 g/mol. The Hall–Kier alpha value is -2.41. The molecule has 2 amide bonds. The molecule has 0 bridgehead atoms. The largest absolute Gasteiger partial charge is 0.341 e. The minimum Gasteiger partial charge on any atom is -0.341 e. The van der Waals surface area contributed by atoms with Gasteiger partial charge in [-0.15, -0.1) is 0 Å². The van der Waals surface area contributed by atoms with Gasteiger partial charge in [0.1, 0.15) is 0 Å². The van der Waals surface area contributed by atoms with Crippen LogP contribution < -0.4 is 0 Å². The minimum absolute atomic E-state index is 0.00272. The maximum Gasteiger partial charge on any atom is 0.254 e. The van der Waals surface area contributed by atoms with Gasteiger partial charge in [0, 0.05) is 37.7 Å². The lowest BCUT2D eigenvalue weighted by atomic mass is 9.94. The van der Waals surface area contributed by atoms with Gasteiger partial charge in [-0.2, -0.15) is 0 Å². The molecule has 2 aliphatic rings. The summed E-state index contributed by atoms with van der Waals surface area (Å²) in [5.41, 5.74) is 0.696. The molecule has 0 aliphatic carbocycles. The molecule has 0 N–H and O–H groups in total. The zero-order valence-corrected chi connectivity index (χ0v) is 17.4. The first-order chi connectivity index (χ1) is 13.9. The lowest BCUT2D eigenvalue weighted by Gasteiger charge is -2.35. The fourth-order valence-corrected chi connectivity index (χ4v) is 6.23. The van der Waals surface area contributed by atoms with Crippen molar-refractivity contribution in [3.8, 4) is 0 Å². The van der Waals surface area contributed by atoms with Gasteiger partial charge in [-0.1, -0.05) is 36.4 Å². The highest BCUT2D eigenvalue weighted by molar-refractivity contribution is 7.91. The first kappa shape index (κ1) is 19.9. The van der Waals surface area contributed by atoms with Crippen molar-refractivity contribution in [1.82, 2.24) is 9.80 Å². The van der Waals surface area contributed by atoms with Gasteiger partial charge < -0.3 is 9.80 Å². The predicted octanol–water partition coefficient (Wildman–Crippen LogP) is 2.34. The van der Waals surface area contributed by atoms with Crippen molar-refractivity contribution >= 4 is 32.4 Å². The standard InChI is InChI=1S/C22H26N2O4S/c1-23(18-11-14-29(27,28)15-18)21(25)17-9-12-24(13-10-17)22(26)20-8-4-6-16-5-2-3-7-19(16)20/h2-8,17-18H,9-15H2,1H3. The van der Waals surface area contributed by atoms with Crippen molar-refractivity contribution in [1.29, 1.82) is 0 Å². The highest BCUT2D eigenvalue weighted by atomic mass is 32.2. The molecule has 0 spiro atoms. The van der Waals surface area contributed by atoms with Crippen molar-refractivity contribution in [3.63, 3.8) is 0 Å². The molecular formula is C22H26N2O4S. The molecule has 1 atom stereocenters. The molecule has 4 rings (SSSR count). The summed E-state index contributed by atoms with van der Waals surface area (Å²) in [6, 6.07) is 13.4. The Balaban J connectivity index is 1.40. The Morgan fingerprint density at radius 2 is 1.69 bits per heavy atom. The number of carbonyl (C=O) groups excluding carboxylic acids is 2. The summed E-state index contributed by atoms with van der Waals surface area (Å²) in [5.74, 6) is 0.0770. The van der Waals surface area contributed by atoms with Crippen LogP contribution in [0.3, 0.4) is 0 Å². The van der Waals surface area contributed by atoms with E-state index in [1.807, 2.05) is 47.4 Å². The van der Waals surface area contributed by atoms with E-state index in [4.69, 9.17) is 0 Å². The van der Waals surface area contributed by atoms with Gasteiger partial charge in [0.25, 0.3) is 5.91 Å². The zero-order valence-electron chi connectivity index (χ0n) is 16.6. The van der Waals surface area contributed by atoms with Gasteiger partial charge >= 0.3 is 0 Å². The maximum absolute atomic E-state index is 13.1. The highest BCUT2D eigenvalue weighted by Gasteiger charge is 2.36. The van der Waals surface area contributed by atoms with Crippen LogP contribution in [0.15, 0.2) is 42.5 Å². The molecule has 7 heteroatoms. The first-order valence-corrected chi connectivity index (χ1v) is 11.9. The van der Waals surface area contributed by atoms with Crippen molar-refractivity contribution in [2.75, 3.05) is 31.6 Å². The van der Waals surface area contributed by atoms with E-state index in [2.05, 4.69) is 0 Å². The number of hydrogen-bond acceptors (Lipinski definition) is 4. The van der Waals surface area contributed by atoms with Crippen molar-refractivity contribution in [3.05, 3.63) is 48.0 Å². The van der Waals surface area contributed by atoms with E-state index in [1.165, 1.54) is 0 Å². The van der Waals surface area contributed by atoms with E-state index in [9.17, 15) is 18.0 Å². The lowest BCUT2D eigenvalue weighted by Crippen LogP contribution is -2.46. The molecule has 2 saturated heterocycles. The molecule has 2 heterocycles. The number of piperidine rings is 1. The molecule has 0 saturated carbocycles. The molecule has 0 radical (unpaired) electrons. The predicted molar refractivity (Wildman–Crippen MR) is 112 cm³/mol.